The smallest absolute Gasteiger partial charge is 0.350 e. The summed E-state index contributed by atoms with van der Waals surface area (Å²) >= 11 is 1.28. The summed E-state index contributed by atoms with van der Waals surface area (Å²) in [5, 5.41) is 0.798. The summed E-state index contributed by atoms with van der Waals surface area (Å²) in [5.41, 5.74) is 3.98. The Morgan fingerprint density at radius 1 is 1.12 bits per heavy atom. The summed E-state index contributed by atoms with van der Waals surface area (Å²) in [5.74, 6) is -0.717. The molecule has 0 atom stereocenters. The molecule has 0 bridgehead atoms. The van der Waals surface area contributed by atoms with Gasteiger partial charge >= 0.3 is 5.97 Å². The predicted octanol–water partition coefficient (Wildman–Crippen LogP) is 4.21. The molecule has 5 nitrogen and oxygen atoms in total. The average molecular weight is 368 g/mol. The minimum Gasteiger partial charge on any atom is -0.453 e. The van der Waals surface area contributed by atoms with Crippen LogP contribution in [-0.4, -0.2) is 27.9 Å². The summed E-state index contributed by atoms with van der Waals surface area (Å²) in [6, 6.07) is 11.7. The first kappa shape index (κ1) is 18.1. The Labute approximate surface area is 156 Å². The van der Waals surface area contributed by atoms with E-state index in [0.29, 0.717) is 16.1 Å². The molecular formula is C20H20N2O3S. The number of thiazole rings is 1. The van der Waals surface area contributed by atoms with E-state index in [1.807, 2.05) is 61.7 Å². The molecule has 3 aromatic rings. The van der Waals surface area contributed by atoms with Gasteiger partial charge in [0, 0.05) is 22.6 Å². The lowest BCUT2D eigenvalue weighted by Crippen LogP contribution is -2.15. The standard InChI is InChI=1S/C20H20N2O3S/c1-12-10-17(14(3)22(12)16-8-6-5-7-9-16)18(23)11-25-20(24)19-13(2)21-15(4)26-19/h5-10H,11H2,1-4H3. The average Bonchev–Trinajstić information content (AvgIpc) is 3.11. The molecule has 0 saturated heterocycles. The van der Waals surface area contributed by atoms with Gasteiger partial charge in [0.2, 0.25) is 5.78 Å². The number of benzene rings is 1. The molecule has 0 radical (unpaired) electrons. The van der Waals surface area contributed by atoms with E-state index >= 15 is 0 Å². The van der Waals surface area contributed by atoms with Crippen LogP contribution in [0.1, 0.15) is 42.1 Å². The minimum absolute atomic E-state index is 0.215. The van der Waals surface area contributed by atoms with E-state index in [4.69, 9.17) is 4.74 Å². The van der Waals surface area contributed by atoms with Gasteiger partial charge in [-0.25, -0.2) is 9.78 Å². The largest absolute Gasteiger partial charge is 0.453 e. The van der Waals surface area contributed by atoms with Gasteiger partial charge in [-0.3, -0.25) is 4.79 Å². The Hall–Kier alpha value is -2.73. The van der Waals surface area contributed by atoms with Crippen molar-refractivity contribution in [1.29, 1.82) is 0 Å². The maximum atomic E-state index is 12.6. The van der Waals surface area contributed by atoms with Gasteiger partial charge < -0.3 is 9.30 Å². The number of nitrogens with zero attached hydrogens (tertiary/aromatic N) is 2. The molecule has 0 aliphatic rings. The predicted molar refractivity (Wildman–Crippen MR) is 101 cm³/mol. The Morgan fingerprint density at radius 3 is 2.42 bits per heavy atom. The van der Waals surface area contributed by atoms with Crippen LogP contribution in [0.2, 0.25) is 0 Å². The first-order valence-electron chi connectivity index (χ1n) is 8.27. The second-order valence-corrected chi connectivity index (χ2v) is 7.31. The SMILES string of the molecule is Cc1nc(C)c(C(=O)OCC(=O)c2cc(C)n(-c3ccccc3)c2C)s1. The van der Waals surface area contributed by atoms with Gasteiger partial charge in [-0.05, 0) is 45.9 Å². The Morgan fingerprint density at radius 2 is 1.81 bits per heavy atom. The molecule has 0 fully saturated rings. The van der Waals surface area contributed by atoms with Crippen LogP contribution in [0.3, 0.4) is 0 Å². The van der Waals surface area contributed by atoms with Crippen LogP contribution in [0.15, 0.2) is 36.4 Å². The number of hydrogen-bond donors (Lipinski definition) is 0. The van der Waals surface area contributed by atoms with E-state index in [-0.39, 0.29) is 12.4 Å². The molecule has 0 amide bonds. The van der Waals surface area contributed by atoms with Gasteiger partial charge in [-0.2, -0.15) is 0 Å². The van der Waals surface area contributed by atoms with E-state index in [1.54, 1.807) is 6.92 Å². The number of ether oxygens (including phenoxy) is 1. The molecule has 2 aromatic heterocycles. The van der Waals surface area contributed by atoms with Crippen molar-refractivity contribution < 1.29 is 14.3 Å². The van der Waals surface area contributed by atoms with Crippen LogP contribution in [0, 0.1) is 27.7 Å². The quantitative estimate of drug-likeness (QED) is 0.500. The third kappa shape index (κ3) is 3.46. The highest BCUT2D eigenvalue weighted by molar-refractivity contribution is 7.13. The highest BCUT2D eigenvalue weighted by Crippen LogP contribution is 2.22. The fraction of sp³-hybridized carbons (Fsp3) is 0.250. The summed E-state index contributed by atoms with van der Waals surface area (Å²) in [6.45, 7) is 7.15. The molecule has 2 heterocycles. The van der Waals surface area contributed by atoms with Crippen LogP contribution < -0.4 is 0 Å². The van der Waals surface area contributed by atoms with Crippen LogP contribution in [0.25, 0.3) is 5.69 Å². The van der Waals surface area contributed by atoms with Crippen molar-refractivity contribution in [1.82, 2.24) is 9.55 Å². The molecule has 3 rings (SSSR count). The van der Waals surface area contributed by atoms with Crippen molar-refractivity contribution in [2.75, 3.05) is 6.61 Å². The number of para-hydroxylation sites is 1. The van der Waals surface area contributed by atoms with E-state index < -0.39 is 5.97 Å². The zero-order valence-corrected chi connectivity index (χ0v) is 16.0. The Bertz CT molecular complexity index is 971. The summed E-state index contributed by atoms with van der Waals surface area (Å²) in [6.07, 6.45) is 0. The van der Waals surface area contributed by atoms with Gasteiger partial charge in [-0.1, -0.05) is 18.2 Å². The summed E-state index contributed by atoms with van der Waals surface area (Å²) < 4.78 is 7.24. The van der Waals surface area contributed by atoms with Crippen molar-refractivity contribution in [2.45, 2.75) is 27.7 Å². The van der Waals surface area contributed by atoms with Gasteiger partial charge in [0.1, 0.15) is 4.88 Å². The lowest BCUT2D eigenvalue weighted by Gasteiger charge is -2.09. The van der Waals surface area contributed by atoms with Crippen molar-refractivity contribution in [3.05, 3.63) is 68.9 Å². The summed E-state index contributed by atoms with van der Waals surface area (Å²) in [7, 11) is 0. The second-order valence-electron chi connectivity index (χ2n) is 6.10. The van der Waals surface area contributed by atoms with Crippen molar-refractivity contribution in [2.24, 2.45) is 0 Å². The maximum Gasteiger partial charge on any atom is 0.350 e. The van der Waals surface area contributed by atoms with Crippen LogP contribution in [-0.2, 0) is 4.74 Å². The highest BCUT2D eigenvalue weighted by Gasteiger charge is 2.20. The van der Waals surface area contributed by atoms with Crippen LogP contribution in [0.5, 0.6) is 0 Å². The van der Waals surface area contributed by atoms with Gasteiger partial charge in [-0.15, -0.1) is 11.3 Å². The van der Waals surface area contributed by atoms with Gasteiger partial charge in [0.25, 0.3) is 0 Å². The zero-order valence-electron chi connectivity index (χ0n) is 15.2. The molecule has 0 aliphatic carbocycles. The van der Waals surface area contributed by atoms with E-state index in [0.717, 1.165) is 22.1 Å². The zero-order chi connectivity index (χ0) is 18.8. The van der Waals surface area contributed by atoms with E-state index in [9.17, 15) is 9.59 Å². The number of Topliss-reactive ketones (excluding diaryl/α,β-unsaturated/α-hetero) is 1. The number of carbonyl (C=O) groups is 2. The highest BCUT2D eigenvalue weighted by atomic mass is 32.1. The van der Waals surface area contributed by atoms with Crippen LogP contribution in [0.4, 0.5) is 0 Å². The first-order chi connectivity index (χ1) is 12.4. The van der Waals surface area contributed by atoms with E-state index in [2.05, 4.69) is 4.98 Å². The number of carbonyl (C=O) groups excluding carboxylic acids is 2. The molecule has 0 unspecified atom stereocenters. The fourth-order valence-corrected chi connectivity index (χ4v) is 3.83. The first-order valence-corrected chi connectivity index (χ1v) is 9.09. The van der Waals surface area contributed by atoms with Gasteiger partial charge in [0.05, 0.1) is 10.7 Å². The second kappa shape index (κ2) is 7.25. The molecule has 26 heavy (non-hydrogen) atoms. The molecule has 0 N–H and O–H groups in total. The molecule has 134 valence electrons. The van der Waals surface area contributed by atoms with Crippen molar-refractivity contribution >= 4 is 23.1 Å². The van der Waals surface area contributed by atoms with Crippen molar-refractivity contribution in [3.63, 3.8) is 0 Å². The molecule has 1 aromatic carbocycles. The third-order valence-corrected chi connectivity index (χ3v) is 5.22. The molecular weight excluding hydrogens is 348 g/mol. The minimum atomic E-state index is -0.502. The Balaban J connectivity index is 1.77. The number of rotatable bonds is 5. The molecule has 0 aliphatic heterocycles. The van der Waals surface area contributed by atoms with E-state index in [1.165, 1.54) is 11.3 Å². The third-order valence-electron chi connectivity index (χ3n) is 4.17. The number of aromatic nitrogens is 2. The summed E-state index contributed by atoms with van der Waals surface area (Å²) in [4.78, 5) is 29.4. The van der Waals surface area contributed by atoms with Crippen molar-refractivity contribution in [3.8, 4) is 5.69 Å². The van der Waals surface area contributed by atoms with Crippen LogP contribution >= 0.6 is 11.3 Å². The molecule has 0 spiro atoms. The number of hydrogen-bond acceptors (Lipinski definition) is 5. The van der Waals surface area contributed by atoms with Gasteiger partial charge in [0.15, 0.2) is 6.61 Å². The monoisotopic (exact) mass is 368 g/mol. The lowest BCUT2D eigenvalue weighted by atomic mass is 10.1. The number of ketones is 1. The normalized spacial score (nSPS) is 10.8. The number of esters is 1. The lowest BCUT2D eigenvalue weighted by molar-refractivity contribution is 0.0478. The fourth-order valence-electron chi connectivity index (χ4n) is 3.01. The number of aryl methyl sites for hydroxylation is 3. The maximum absolute atomic E-state index is 12.6. The Kier molecular flexibility index (Phi) is 5.04. The molecule has 0 saturated carbocycles. The topological polar surface area (TPSA) is 61.2 Å². The molecule has 6 heteroatoms.